The standard InChI is InChI=1S/C12H24O3S/c1-2-3-4-5-6-7-8-15-9-10-16-12(14)11-13/h13H,2-11H2,1H3. The zero-order valence-corrected chi connectivity index (χ0v) is 11.1. The molecule has 0 aliphatic heterocycles. The van der Waals surface area contributed by atoms with E-state index in [1.807, 2.05) is 0 Å². The Kier molecular flexibility index (Phi) is 13.0. The fraction of sp³-hybridized carbons (Fsp3) is 0.917. The zero-order chi connectivity index (χ0) is 12.1. The Labute approximate surface area is 103 Å². The molecule has 0 heterocycles. The molecular weight excluding hydrogens is 224 g/mol. The molecule has 0 amide bonds. The molecule has 1 N–H and O–H groups in total. The van der Waals surface area contributed by atoms with Crippen molar-refractivity contribution in [2.75, 3.05) is 25.6 Å². The Morgan fingerprint density at radius 2 is 1.81 bits per heavy atom. The van der Waals surface area contributed by atoms with E-state index >= 15 is 0 Å². The maximum Gasteiger partial charge on any atom is 0.214 e. The largest absolute Gasteiger partial charge is 0.388 e. The summed E-state index contributed by atoms with van der Waals surface area (Å²) in [4.78, 5) is 10.7. The van der Waals surface area contributed by atoms with Crippen molar-refractivity contribution in [3.63, 3.8) is 0 Å². The molecule has 16 heavy (non-hydrogen) atoms. The molecule has 0 bridgehead atoms. The van der Waals surface area contributed by atoms with Gasteiger partial charge in [0.15, 0.2) is 0 Å². The SMILES string of the molecule is CCCCCCCCOCCSC(=O)CO. The van der Waals surface area contributed by atoms with Gasteiger partial charge in [-0.15, -0.1) is 0 Å². The number of hydrogen-bond acceptors (Lipinski definition) is 4. The van der Waals surface area contributed by atoms with Gasteiger partial charge in [0, 0.05) is 12.4 Å². The van der Waals surface area contributed by atoms with Crippen LogP contribution in [0.3, 0.4) is 0 Å². The Bertz CT molecular complexity index is 162. The summed E-state index contributed by atoms with van der Waals surface area (Å²) < 4.78 is 5.38. The van der Waals surface area contributed by atoms with Crippen molar-refractivity contribution in [1.29, 1.82) is 0 Å². The summed E-state index contributed by atoms with van der Waals surface area (Å²) in [5.74, 6) is 0.648. The van der Waals surface area contributed by atoms with E-state index in [0.717, 1.165) is 24.8 Å². The van der Waals surface area contributed by atoms with Crippen molar-refractivity contribution in [2.24, 2.45) is 0 Å². The molecule has 0 aliphatic rings. The maximum absolute atomic E-state index is 10.7. The highest BCUT2D eigenvalue weighted by molar-refractivity contribution is 8.13. The topological polar surface area (TPSA) is 46.5 Å². The van der Waals surface area contributed by atoms with Gasteiger partial charge in [-0.25, -0.2) is 0 Å². The number of carbonyl (C=O) groups is 1. The van der Waals surface area contributed by atoms with E-state index in [2.05, 4.69) is 6.92 Å². The average molecular weight is 248 g/mol. The number of hydrogen-bond donors (Lipinski definition) is 1. The van der Waals surface area contributed by atoms with Gasteiger partial charge in [0.1, 0.15) is 6.61 Å². The maximum atomic E-state index is 10.7. The molecule has 0 aromatic heterocycles. The minimum absolute atomic E-state index is 0.178. The zero-order valence-electron chi connectivity index (χ0n) is 10.2. The van der Waals surface area contributed by atoms with Crippen LogP contribution in [0.4, 0.5) is 0 Å². The molecule has 0 saturated carbocycles. The number of rotatable bonds is 11. The fourth-order valence-electron chi connectivity index (χ4n) is 1.35. The number of aliphatic hydroxyl groups excluding tert-OH is 1. The van der Waals surface area contributed by atoms with Crippen LogP contribution in [-0.4, -0.2) is 35.8 Å². The van der Waals surface area contributed by atoms with E-state index in [-0.39, 0.29) is 11.7 Å². The molecule has 0 spiro atoms. The molecule has 0 saturated heterocycles. The van der Waals surface area contributed by atoms with Crippen LogP contribution >= 0.6 is 11.8 Å². The molecule has 96 valence electrons. The van der Waals surface area contributed by atoms with E-state index < -0.39 is 0 Å². The first-order valence-electron chi connectivity index (χ1n) is 6.15. The van der Waals surface area contributed by atoms with Crippen molar-refractivity contribution < 1.29 is 14.6 Å². The van der Waals surface area contributed by atoms with Crippen LogP contribution in [0.5, 0.6) is 0 Å². The Morgan fingerprint density at radius 1 is 1.12 bits per heavy atom. The highest BCUT2D eigenvalue weighted by atomic mass is 32.2. The summed E-state index contributed by atoms with van der Waals surface area (Å²) in [6.45, 7) is 3.24. The minimum Gasteiger partial charge on any atom is -0.388 e. The van der Waals surface area contributed by atoms with Crippen LogP contribution in [0.2, 0.25) is 0 Å². The van der Waals surface area contributed by atoms with Crippen LogP contribution in [0.15, 0.2) is 0 Å². The third-order valence-electron chi connectivity index (χ3n) is 2.26. The van der Waals surface area contributed by atoms with Crippen LogP contribution in [0.1, 0.15) is 45.4 Å². The number of thioether (sulfide) groups is 1. The van der Waals surface area contributed by atoms with Gasteiger partial charge in [0.05, 0.1) is 6.61 Å². The molecule has 4 heteroatoms. The van der Waals surface area contributed by atoms with Gasteiger partial charge in [0.2, 0.25) is 5.12 Å². The number of aliphatic hydroxyl groups is 1. The molecule has 0 atom stereocenters. The molecule has 0 fully saturated rings. The molecule has 0 aromatic carbocycles. The summed E-state index contributed by atoms with van der Waals surface area (Å²) >= 11 is 1.14. The Morgan fingerprint density at radius 3 is 2.50 bits per heavy atom. The quantitative estimate of drug-likeness (QED) is 0.571. The number of ether oxygens (including phenoxy) is 1. The molecular formula is C12H24O3S. The smallest absolute Gasteiger partial charge is 0.214 e. The van der Waals surface area contributed by atoms with Gasteiger partial charge in [-0.1, -0.05) is 50.8 Å². The highest BCUT2D eigenvalue weighted by Crippen LogP contribution is 2.05. The molecule has 3 nitrogen and oxygen atoms in total. The molecule has 0 radical (unpaired) electrons. The fourth-order valence-corrected chi connectivity index (χ4v) is 1.87. The van der Waals surface area contributed by atoms with Crippen molar-refractivity contribution in [1.82, 2.24) is 0 Å². The highest BCUT2D eigenvalue weighted by Gasteiger charge is 1.98. The van der Waals surface area contributed by atoms with Crippen LogP contribution in [0, 0.1) is 0 Å². The van der Waals surface area contributed by atoms with Crippen LogP contribution < -0.4 is 0 Å². The second-order valence-corrected chi connectivity index (χ2v) is 4.91. The van der Waals surface area contributed by atoms with Crippen molar-refractivity contribution >= 4 is 16.9 Å². The Hall–Kier alpha value is -0.0600. The summed E-state index contributed by atoms with van der Waals surface area (Å²) in [6, 6.07) is 0. The van der Waals surface area contributed by atoms with Crippen molar-refractivity contribution in [3.05, 3.63) is 0 Å². The Balaban J connectivity index is 2.96. The van der Waals surface area contributed by atoms with Gasteiger partial charge in [-0.3, -0.25) is 4.79 Å². The first-order valence-corrected chi connectivity index (χ1v) is 7.14. The van der Waals surface area contributed by atoms with Gasteiger partial charge in [-0.05, 0) is 6.42 Å². The van der Waals surface area contributed by atoms with E-state index in [9.17, 15) is 4.79 Å². The van der Waals surface area contributed by atoms with Gasteiger partial charge in [-0.2, -0.15) is 0 Å². The number of unbranched alkanes of at least 4 members (excludes halogenated alkanes) is 5. The van der Waals surface area contributed by atoms with E-state index in [0.29, 0.717) is 12.4 Å². The molecule has 0 unspecified atom stereocenters. The molecule has 0 rings (SSSR count). The second-order valence-electron chi connectivity index (χ2n) is 3.76. The first-order chi connectivity index (χ1) is 7.81. The third kappa shape index (κ3) is 12.0. The summed E-state index contributed by atoms with van der Waals surface area (Å²) in [7, 11) is 0. The summed E-state index contributed by atoms with van der Waals surface area (Å²) in [5.41, 5.74) is 0. The summed E-state index contributed by atoms with van der Waals surface area (Å²) in [6.07, 6.45) is 7.60. The molecule has 0 aliphatic carbocycles. The van der Waals surface area contributed by atoms with E-state index in [4.69, 9.17) is 9.84 Å². The van der Waals surface area contributed by atoms with Gasteiger partial charge < -0.3 is 9.84 Å². The first kappa shape index (κ1) is 15.9. The van der Waals surface area contributed by atoms with Gasteiger partial charge >= 0.3 is 0 Å². The number of carbonyl (C=O) groups excluding carboxylic acids is 1. The lowest BCUT2D eigenvalue weighted by atomic mass is 10.1. The van der Waals surface area contributed by atoms with Crippen molar-refractivity contribution in [2.45, 2.75) is 45.4 Å². The van der Waals surface area contributed by atoms with Gasteiger partial charge in [0.25, 0.3) is 0 Å². The third-order valence-corrected chi connectivity index (χ3v) is 3.08. The predicted octanol–water partition coefficient (Wildman–Crippen LogP) is 2.62. The predicted molar refractivity (Wildman–Crippen MR) is 68.7 cm³/mol. The van der Waals surface area contributed by atoms with Crippen LogP contribution in [0.25, 0.3) is 0 Å². The minimum atomic E-state index is -0.373. The van der Waals surface area contributed by atoms with E-state index in [1.54, 1.807) is 0 Å². The lowest BCUT2D eigenvalue weighted by Gasteiger charge is -2.03. The monoisotopic (exact) mass is 248 g/mol. The average Bonchev–Trinajstić information content (AvgIpc) is 2.31. The normalized spacial score (nSPS) is 10.6. The lowest BCUT2D eigenvalue weighted by molar-refractivity contribution is -0.113. The second kappa shape index (κ2) is 13.0. The lowest BCUT2D eigenvalue weighted by Crippen LogP contribution is -2.04. The summed E-state index contributed by atoms with van der Waals surface area (Å²) in [5, 5.41) is 8.29. The molecule has 0 aromatic rings. The van der Waals surface area contributed by atoms with Crippen LogP contribution in [-0.2, 0) is 9.53 Å². The van der Waals surface area contributed by atoms with Crippen molar-refractivity contribution in [3.8, 4) is 0 Å². The van der Waals surface area contributed by atoms with E-state index in [1.165, 1.54) is 32.1 Å².